The molecule has 28 heavy (non-hydrogen) atoms. The number of azide groups is 1. The van der Waals surface area contributed by atoms with E-state index >= 15 is 0 Å². The summed E-state index contributed by atoms with van der Waals surface area (Å²) >= 11 is 1.54. The first kappa shape index (κ1) is 18.7. The Morgan fingerprint density at radius 2 is 2.18 bits per heavy atom. The van der Waals surface area contributed by atoms with E-state index in [4.69, 9.17) is 10.3 Å². The van der Waals surface area contributed by atoms with Crippen LogP contribution >= 0.6 is 11.3 Å². The number of thiazole rings is 1. The molecule has 11 nitrogen and oxygen atoms in total. The highest BCUT2D eigenvalue weighted by atomic mass is 32.1. The highest BCUT2D eigenvalue weighted by molar-refractivity contribution is 7.18. The van der Waals surface area contributed by atoms with Gasteiger partial charge in [-0.25, -0.2) is 14.6 Å². The summed E-state index contributed by atoms with van der Waals surface area (Å²) in [5.74, 6) is 0.261. The molecule has 1 aromatic carbocycles. The van der Waals surface area contributed by atoms with Crippen molar-refractivity contribution >= 4 is 21.6 Å². The number of benzene rings is 1. The maximum Gasteiger partial charge on any atom is 0.163 e. The van der Waals surface area contributed by atoms with E-state index < -0.39 is 37.1 Å². The van der Waals surface area contributed by atoms with Crippen LogP contribution in [0.2, 0.25) is 0 Å². The second kappa shape index (κ2) is 7.43. The number of rotatable bonds is 4. The highest BCUT2D eigenvalue weighted by Crippen LogP contribution is 2.34. The number of aliphatic hydroxyl groups excluding tert-OH is 3. The van der Waals surface area contributed by atoms with Gasteiger partial charge in [0.2, 0.25) is 0 Å². The van der Waals surface area contributed by atoms with E-state index in [-0.39, 0.29) is 5.82 Å². The van der Waals surface area contributed by atoms with Crippen molar-refractivity contribution in [3.8, 4) is 5.69 Å². The molecule has 3 N–H and O–H groups in total. The van der Waals surface area contributed by atoms with Gasteiger partial charge in [-0.05, 0) is 30.7 Å². The largest absolute Gasteiger partial charge is 0.394 e. The smallest absolute Gasteiger partial charge is 0.163 e. The lowest BCUT2D eigenvalue weighted by atomic mass is 9.93. The summed E-state index contributed by atoms with van der Waals surface area (Å²) in [6, 6.07) is 4.38. The topological polar surface area (TPSA) is 162 Å². The Morgan fingerprint density at radius 1 is 1.36 bits per heavy atom. The van der Waals surface area contributed by atoms with Crippen LogP contribution < -0.4 is 0 Å². The first-order valence-corrected chi connectivity index (χ1v) is 9.29. The van der Waals surface area contributed by atoms with Crippen molar-refractivity contribution in [3.05, 3.63) is 45.8 Å². The number of hydrogen-bond donors (Lipinski definition) is 3. The van der Waals surface area contributed by atoms with Gasteiger partial charge >= 0.3 is 0 Å². The molecule has 1 fully saturated rings. The maximum atomic E-state index is 10.6. The fourth-order valence-electron chi connectivity index (χ4n) is 3.31. The molecule has 1 aliphatic rings. The number of aromatic nitrogens is 4. The van der Waals surface area contributed by atoms with E-state index in [0.717, 1.165) is 15.2 Å². The van der Waals surface area contributed by atoms with E-state index in [1.807, 2.05) is 25.1 Å². The SMILES string of the molecule is Cc1nc2ccc(-n3ncnc3[C@@H]3O[C@H](CO)[C@H](O)C(N=[N+]=[N-])[C@H]3O)cc2s1. The third kappa shape index (κ3) is 3.11. The van der Waals surface area contributed by atoms with Gasteiger partial charge in [-0.15, -0.1) is 11.3 Å². The van der Waals surface area contributed by atoms with Crippen molar-refractivity contribution in [1.29, 1.82) is 0 Å². The van der Waals surface area contributed by atoms with Gasteiger partial charge in [0.1, 0.15) is 18.5 Å². The van der Waals surface area contributed by atoms with Crippen LogP contribution in [0.25, 0.3) is 26.3 Å². The fourth-order valence-corrected chi connectivity index (χ4v) is 4.18. The van der Waals surface area contributed by atoms with Crippen molar-refractivity contribution in [2.24, 2.45) is 5.11 Å². The fraction of sp³-hybridized carbons (Fsp3) is 0.438. The van der Waals surface area contributed by atoms with Gasteiger partial charge in [-0.3, -0.25) is 0 Å². The molecular formula is C16H17N7O4S. The van der Waals surface area contributed by atoms with Crippen LogP contribution in [0.4, 0.5) is 0 Å². The van der Waals surface area contributed by atoms with Crippen LogP contribution in [-0.4, -0.2) is 66.0 Å². The Morgan fingerprint density at radius 3 is 2.93 bits per heavy atom. The molecule has 4 rings (SSSR count). The number of hydrogen-bond acceptors (Lipinski definition) is 9. The van der Waals surface area contributed by atoms with Gasteiger partial charge in [0.05, 0.1) is 45.8 Å². The number of aliphatic hydroxyl groups is 3. The lowest BCUT2D eigenvalue weighted by molar-refractivity contribution is -0.193. The summed E-state index contributed by atoms with van der Waals surface area (Å²) in [4.78, 5) is 11.3. The van der Waals surface area contributed by atoms with Crippen molar-refractivity contribution in [1.82, 2.24) is 19.7 Å². The Labute approximate surface area is 162 Å². The van der Waals surface area contributed by atoms with E-state index in [1.54, 1.807) is 11.3 Å². The lowest BCUT2D eigenvalue weighted by Gasteiger charge is -2.40. The molecule has 0 spiro atoms. The van der Waals surface area contributed by atoms with Crippen molar-refractivity contribution in [3.63, 3.8) is 0 Å². The molecule has 0 bridgehead atoms. The van der Waals surface area contributed by atoms with Gasteiger partial charge in [-0.2, -0.15) is 5.10 Å². The second-order valence-corrected chi connectivity index (χ2v) is 7.60. The van der Waals surface area contributed by atoms with Crippen molar-refractivity contribution in [2.45, 2.75) is 37.4 Å². The predicted molar refractivity (Wildman–Crippen MR) is 98.9 cm³/mol. The quantitative estimate of drug-likeness (QED) is 0.332. The second-order valence-electron chi connectivity index (χ2n) is 6.37. The minimum absolute atomic E-state index is 0.261. The minimum Gasteiger partial charge on any atom is -0.394 e. The van der Waals surface area contributed by atoms with Gasteiger partial charge in [0.15, 0.2) is 5.82 Å². The monoisotopic (exact) mass is 403 g/mol. The Balaban J connectivity index is 1.75. The Hall–Kier alpha value is -2.60. The zero-order valence-electron chi connectivity index (χ0n) is 14.7. The van der Waals surface area contributed by atoms with E-state index in [0.29, 0.717) is 5.69 Å². The van der Waals surface area contributed by atoms with E-state index in [1.165, 1.54) is 11.0 Å². The van der Waals surface area contributed by atoms with E-state index in [9.17, 15) is 15.3 Å². The highest BCUT2D eigenvalue weighted by Gasteiger charge is 2.46. The van der Waals surface area contributed by atoms with Crippen LogP contribution in [-0.2, 0) is 4.74 Å². The maximum absolute atomic E-state index is 10.6. The summed E-state index contributed by atoms with van der Waals surface area (Å²) in [6.07, 6.45) is -3.50. The van der Waals surface area contributed by atoms with Gasteiger partial charge in [-0.1, -0.05) is 5.11 Å². The molecule has 0 aliphatic carbocycles. The zero-order chi connectivity index (χ0) is 19.8. The Kier molecular flexibility index (Phi) is 4.98. The van der Waals surface area contributed by atoms with Crippen LogP contribution in [0.15, 0.2) is 29.6 Å². The van der Waals surface area contributed by atoms with Gasteiger partial charge in [0, 0.05) is 4.91 Å². The molecule has 3 heterocycles. The predicted octanol–water partition coefficient (Wildman–Crippen LogP) is 1.02. The normalized spacial score (nSPS) is 27.6. The van der Waals surface area contributed by atoms with Gasteiger partial charge < -0.3 is 20.1 Å². The number of ether oxygens (including phenoxy) is 1. The van der Waals surface area contributed by atoms with Crippen LogP contribution in [0.5, 0.6) is 0 Å². The van der Waals surface area contributed by atoms with Gasteiger partial charge in [0.25, 0.3) is 0 Å². The van der Waals surface area contributed by atoms with Crippen LogP contribution in [0, 0.1) is 6.92 Å². The number of fused-ring (bicyclic) bond motifs is 1. The van der Waals surface area contributed by atoms with Crippen molar-refractivity contribution in [2.75, 3.05) is 6.61 Å². The summed E-state index contributed by atoms with van der Waals surface area (Å²) in [6.45, 7) is 1.41. The summed E-state index contributed by atoms with van der Waals surface area (Å²) in [5.41, 5.74) is 10.3. The van der Waals surface area contributed by atoms with Crippen molar-refractivity contribution < 1.29 is 20.1 Å². The molecule has 1 aliphatic heterocycles. The Bertz CT molecular complexity index is 1050. The lowest BCUT2D eigenvalue weighted by Crippen LogP contribution is -2.54. The molecule has 1 unspecified atom stereocenters. The molecule has 2 aromatic heterocycles. The standard InChI is InChI=1S/C16H17N7O4S/c1-7-20-9-3-2-8(4-11(9)28-7)23-16(18-6-19-23)15-14(26)12(21-22-17)13(25)10(5-24)27-15/h2-4,6,10,12-15,24-26H,5H2,1H3/t10-,12?,13+,14-,15-/m1/s1. The first-order valence-electron chi connectivity index (χ1n) is 8.47. The zero-order valence-corrected chi connectivity index (χ0v) is 15.5. The summed E-state index contributed by atoms with van der Waals surface area (Å²) < 4.78 is 8.14. The molecule has 0 amide bonds. The summed E-state index contributed by atoms with van der Waals surface area (Å²) in [7, 11) is 0. The molecule has 3 aromatic rings. The number of aryl methyl sites for hydroxylation is 1. The number of nitrogens with zero attached hydrogens (tertiary/aromatic N) is 7. The average Bonchev–Trinajstić information content (AvgIpc) is 3.30. The molecule has 12 heteroatoms. The molecular weight excluding hydrogens is 386 g/mol. The molecule has 1 saturated heterocycles. The molecule has 0 saturated carbocycles. The minimum atomic E-state index is -1.37. The third-order valence-electron chi connectivity index (χ3n) is 4.63. The van der Waals surface area contributed by atoms with E-state index in [2.05, 4.69) is 25.1 Å². The van der Waals surface area contributed by atoms with Crippen LogP contribution in [0.1, 0.15) is 16.9 Å². The molecule has 146 valence electrons. The van der Waals surface area contributed by atoms with Crippen LogP contribution in [0.3, 0.4) is 0 Å². The summed E-state index contributed by atoms with van der Waals surface area (Å²) in [5, 5.41) is 39.0. The molecule has 0 radical (unpaired) electrons. The third-order valence-corrected chi connectivity index (χ3v) is 5.56. The molecule has 5 atom stereocenters. The first-order chi connectivity index (χ1) is 13.5. The average molecular weight is 403 g/mol.